The second-order valence-corrected chi connectivity index (χ2v) is 8.56. The maximum absolute atomic E-state index is 11.8. The van der Waals surface area contributed by atoms with Crippen LogP contribution in [0.25, 0.3) is 0 Å². The molecule has 0 radical (unpaired) electrons. The largest absolute Gasteiger partial charge is 0.460 e. The molecule has 0 saturated carbocycles. The number of likely N-dealkylation sites (N-methyl/N-ethyl adjacent to an activating group) is 1. The average Bonchev–Trinajstić information content (AvgIpc) is 2.85. The van der Waals surface area contributed by atoms with Crippen LogP contribution in [0.2, 0.25) is 0 Å². The molecule has 0 aromatic carbocycles. The van der Waals surface area contributed by atoms with E-state index in [1.807, 2.05) is 20.8 Å². The third-order valence-corrected chi connectivity index (χ3v) is 4.15. The van der Waals surface area contributed by atoms with Crippen LogP contribution < -0.4 is 0 Å². The van der Waals surface area contributed by atoms with E-state index in [1.54, 1.807) is 7.05 Å². The number of hydrogen-bond donors (Lipinski definition) is 0. The Morgan fingerprint density at radius 3 is 1.27 bits per heavy atom. The van der Waals surface area contributed by atoms with Crippen LogP contribution in [-0.4, -0.2) is 135 Å². The van der Waals surface area contributed by atoms with E-state index in [-0.39, 0.29) is 12.7 Å². The summed E-state index contributed by atoms with van der Waals surface area (Å²) < 4.78 is 47.8. The van der Waals surface area contributed by atoms with E-state index >= 15 is 0 Å². The van der Waals surface area contributed by atoms with Crippen LogP contribution in [0.5, 0.6) is 0 Å². The molecule has 0 aromatic rings. The van der Waals surface area contributed by atoms with E-state index in [1.165, 1.54) is 4.90 Å². The van der Waals surface area contributed by atoms with E-state index < -0.39 is 11.6 Å². The molecule has 0 rings (SSSR count). The summed E-state index contributed by atoms with van der Waals surface area (Å²) >= 11 is 0. The predicted molar refractivity (Wildman–Crippen MR) is 136 cm³/mol. The quantitative estimate of drug-likeness (QED) is 0.0961. The summed E-state index contributed by atoms with van der Waals surface area (Å²) in [5.74, 6) is -0.462. The fourth-order valence-corrected chi connectivity index (χ4v) is 2.31. The van der Waals surface area contributed by atoms with Gasteiger partial charge in [0, 0.05) is 19.7 Å². The second kappa shape index (κ2) is 24.5. The lowest BCUT2D eigenvalue weighted by Crippen LogP contribution is -2.36. The highest BCUT2D eigenvalue weighted by Crippen LogP contribution is 2.08. The van der Waals surface area contributed by atoms with Gasteiger partial charge in [0.1, 0.15) is 12.2 Å². The van der Waals surface area contributed by atoms with Gasteiger partial charge in [0.25, 0.3) is 0 Å². The maximum atomic E-state index is 11.8. The van der Waals surface area contributed by atoms with E-state index in [2.05, 4.69) is 6.58 Å². The van der Waals surface area contributed by atoms with Crippen LogP contribution >= 0.6 is 0 Å². The number of ether oxygens (including phenoxy) is 9. The maximum Gasteiger partial charge on any atom is 0.410 e. The van der Waals surface area contributed by atoms with Gasteiger partial charge in [0.15, 0.2) is 0 Å². The number of nitrogens with zero attached hydrogens (tertiary/aromatic N) is 1. The van der Waals surface area contributed by atoms with Crippen LogP contribution in [0.3, 0.4) is 0 Å². The zero-order valence-corrected chi connectivity index (χ0v) is 23.0. The lowest BCUT2D eigenvalue weighted by Gasteiger charge is -2.24. The molecule has 0 N–H and O–H groups in total. The Labute approximate surface area is 221 Å². The minimum absolute atomic E-state index is 0.196. The third-order valence-electron chi connectivity index (χ3n) is 4.15. The zero-order valence-electron chi connectivity index (χ0n) is 23.0. The topological polar surface area (TPSA) is 120 Å². The van der Waals surface area contributed by atoms with Crippen molar-refractivity contribution < 1.29 is 52.2 Å². The molecule has 0 bridgehead atoms. The first kappa shape index (κ1) is 35.2. The van der Waals surface area contributed by atoms with Crippen molar-refractivity contribution in [2.45, 2.75) is 26.4 Å². The van der Waals surface area contributed by atoms with Gasteiger partial charge < -0.3 is 47.5 Å². The third kappa shape index (κ3) is 27.1. The van der Waals surface area contributed by atoms with E-state index in [4.69, 9.17) is 42.6 Å². The Balaban J connectivity index is 3.20. The highest BCUT2D eigenvalue weighted by atomic mass is 16.6. The van der Waals surface area contributed by atoms with Crippen LogP contribution in [0.4, 0.5) is 4.79 Å². The number of carbonyl (C=O) groups is 2. The summed E-state index contributed by atoms with van der Waals surface area (Å²) in [5, 5.41) is 0. The Bertz CT molecular complexity index is 569. The van der Waals surface area contributed by atoms with Crippen molar-refractivity contribution in [1.82, 2.24) is 4.90 Å². The molecule has 0 aliphatic heterocycles. The summed E-state index contributed by atoms with van der Waals surface area (Å²) in [5.41, 5.74) is -0.510. The zero-order chi connectivity index (χ0) is 27.6. The Hall–Kier alpha value is -1.80. The average molecular weight is 538 g/mol. The summed E-state index contributed by atoms with van der Waals surface area (Å²) in [7, 11) is 1.68. The van der Waals surface area contributed by atoms with Gasteiger partial charge >= 0.3 is 12.1 Å². The fourth-order valence-electron chi connectivity index (χ4n) is 2.31. The highest BCUT2D eigenvalue weighted by Gasteiger charge is 2.19. The van der Waals surface area contributed by atoms with Gasteiger partial charge in [-0.15, -0.1) is 0 Å². The van der Waals surface area contributed by atoms with E-state index in [0.29, 0.717) is 99.0 Å². The number of amides is 1. The Morgan fingerprint density at radius 1 is 0.622 bits per heavy atom. The van der Waals surface area contributed by atoms with Gasteiger partial charge in [-0.1, -0.05) is 6.58 Å². The summed E-state index contributed by atoms with van der Waals surface area (Å²) in [6.45, 7) is 15.7. The predicted octanol–water partition coefficient (Wildman–Crippen LogP) is 1.70. The molecular weight excluding hydrogens is 490 g/mol. The van der Waals surface area contributed by atoms with Crippen molar-refractivity contribution in [2.24, 2.45) is 0 Å². The first-order valence-corrected chi connectivity index (χ1v) is 12.5. The van der Waals surface area contributed by atoms with E-state index in [0.717, 1.165) is 6.08 Å². The Morgan fingerprint density at radius 2 is 0.946 bits per heavy atom. The molecule has 0 fully saturated rings. The monoisotopic (exact) mass is 537 g/mol. The van der Waals surface area contributed by atoms with Gasteiger partial charge in [0.05, 0.1) is 92.5 Å². The molecule has 1 amide bonds. The van der Waals surface area contributed by atoms with Crippen LogP contribution in [-0.2, 0) is 47.4 Å². The highest BCUT2D eigenvalue weighted by molar-refractivity contribution is 5.81. The van der Waals surface area contributed by atoms with E-state index in [9.17, 15) is 9.59 Å². The van der Waals surface area contributed by atoms with Gasteiger partial charge in [-0.3, -0.25) is 0 Å². The summed E-state index contributed by atoms with van der Waals surface area (Å²) in [6.07, 6.45) is 0.743. The fraction of sp³-hybridized carbons (Fsp3) is 0.840. The summed E-state index contributed by atoms with van der Waals surface area (Å²) in [4.78, 5) is 24.1. The SMILES string of the molecule is C=CC(=O)OCCOCCOCCOCCOCCOCCOCCOCCN(C)C(=O)OC(C)(C)C. The number of rotatable bonds is 25. The minimum atomic E-state index is -0.510. The normalized spacial score (nSPS) is 11.4. The molecule has 0 aromatic heterocycles. The molecule has 12 nitrogen and oxygen atoms in total. The van der Waals surface area contributed by atoms with Gasteiger partial charge in [-0.25, -0.2) is 9.59 Å². The van der Waals surface area contributed by atoms with Crippen molar-refractivity contribution in [1.29, 1.82) is 0 Å². The van der Waals surface area contributed by atoms with Crippen molar-refractivity contribution in [2.75, 3.05) is 113 Å². The molecule has 0 heterocycles. The molecular formula is C25H47NO11. The van der Waals surface area contributed by atoms with Crippen molar-refractivity contribution in [3.63, 3.8) is 0 Å². The van der Waals surface area contributed by atoms with Crippen molar-refractivity contribution in [3.8, 4) is 0 Å². The van der Waals surface area contributed by atoms with Crippen LogP contribution in [0.1, 0.15) is 20.8 Å². The molecule has 0 spiro atoms. The molecule has 218 valence electrons. The molecule has 0 unspecified atom stereocenters. The lowest BCUT2D eigenvalue weighted by molar-refractivity contribution is -0.139. The Kier molecular flexibility index (Phi) is 23.3. The second-order valence-electron chi connectivity index (χ2n) is 8.56. The molecule has 0 aliphatic rings. The molecule has 0 aliphatic carbocycles. The first-order chi connectivity index (χ1) is 17.8. The minimum Gasteiger partial charge on any atom is -0.460 e. The van der Waals surface area contributed by atoms with Gasteiger partial charge in [0.2, 0.25) is 0 Å². The molecule has 12 heteroatoms. The van der Waals surface area contributed by atoms with Gasteiger partial charge in [-0.05, 0) is 20.8 Å². The van der Waals surface area contributed by atoms with Crippen molar-refractivity contribution in [3.05, 3.63) is 12.7 Å². The van der Waals surface area contributed by atoms with Crippen LogP contribution in [0, 0.1) is 0 Å². The lowest BCUT2D eigenvalue weighted by atomic mass is 10.2. The molecule has 37 heavy (non-hydrogen) atoms. The van der Waals surface area contributed by atoms with Gasteiger partial charge in [-0.2, -0.15) is 0 Å². The van der Waals surface area contributed by atoms with Crippen LogP contribution in [0.15, 0.2) is 12.7 Å². The first-order valence-electron chi connectivity index (χ1n) is 12.5. The standard InChI is InChI=1S/C25H47NO11/c1-6-23(27)36-22-21-35-20-19-34-18-17-33-16-15-32-14-13-31-12-11-30-10-9-29-8-7-26(5)24(28)37-25(2,3)4/h6H,1,7-22H2,2-5H3. The summed E-state index contributed by atoms with van der Waals surface area (Å²) in [6, 6.07) is 0. The number of carbonyl (C=O) groups excluding carboxylic acids is 2. The molecule has 0 atom stereocenters. The number of esters is 1. The van der Waals surface area contributed by atoms with Crippen molar-refractivity contribution >= 4 is 12.1 Å². The smallest absolute Gasteiger partial charge is 0.410 e. The number of hydrogen-bond acceptors (Lipinski definition) is 11. The molecule has 0 saturated heterocycles.